The van der Waals surface area contributed by atoms with E-state index in [1.807, 2.05) is 13.0 Å². The lowest BCUT2D eigenvalue weighted by molar-refractivity contribution is -0.132. The van der Waals surface area contributed by atoms with Gasteiger partial charge in [-0.15, -0.1) is 0 Å². The van der Waals surface area contributed by atoms with Crippen LogP contribution in [0.3, 0.4) is 0 Å². The Kier molecular flexibility index (Phi) is 4.14. The molecule has 8 heteroatoms. The van der Waals surface area contributed by atoms with Crippen LogP contribution in [-0.4, -0.2) is 32.1 Å². The molecule has 1 aliphatic rings. The number of carbonyl (C=O) groups is 1. The summed E-state index contributed by atoms with van der Waals surface area (Å²) in [5, 5.41) is 4.01. The van der Waals surface area contributed by atoms with Crippen LogP contribution in [-0.2, 0) is 11.3 Å². The number of aromatic nitrogens is 3. The van der Waals surface area contributed by atoms with Gasteiger partial charge in [0.2, 0.25) is 5.91 Å². The first-order valence-electron chi connectivity index (χ1n) is 7.57. The smallest absolute Gasteiger partial charge is 0.328 e. The summed E-state index contributed by atoms with van der Waals surface area (Å²) < 4.78 is 6.42. The monoisotopic (exact) mass is 318 g/mol. The summed E-state index contributed by atoms with van der Waals surface area (Å²) in [6.07, 6.45) is 3.37. The van der Waals surface area contributed by atoms with Crippen LogP contribution < -0.4 is 11.2 Å². The summed E-state index contributed by atoms with van der Waals surface area (Å²) in [6, 6.07) is 3.05. The first-order chi connectivity index (χ1) is 11.0. The molecule has 3 heterocycles. The van der Waals surface area contributed by atoms with E-state index < -0.39 is 11.2 Å². The van der Waals surface area contributed by atoms with Crippen molar-refractivity contribution in [2.75, 3.05) is 6.54 Å². The van der Waals surface area contributed by atoms with Crippen LogP contribution in [0.1, 0.15) is 36.8 Å². The van der Waals surface area contributed by atoms with Crippen LogP contribution in [0.5, 0.6) is 0 Å². The van der Waals surface area contributed by atoms with E-state index in [9.17, 15) is 14.4 Å². The van der Waals surface area contributed by atoms with Crippen LogP contribution in [0.4, 0.5) is 0 Å². The molecular weight excluding hydrogens is 300 g/mol. The number of nitrogens with one attached hydrogen (secondary N) is 1. The molecule has 1 atom stereocenters. The zero-order valence-corrected chi connectivity index (χ0v) is 12.8. The van der Waals surface area contributed by atoms with E-state index in [4.69, 9.17) is 4.52 Å². The third-order valence-electron chi connectivity index (χ3n) is 4.02. The Morgan fingerprint density at radius 3 is 3.00 bits per heavy atom. The number of rotatable bonds is 4. The lowest BCUT2D eigenvalue weighted by Crippen LogP contribution is -2.34. The summed E-state index contributed by atoms with van der Waals surface area (Å²) in [5.41, 5.74) is -0.177. The highest BCUT2D eigenvalue weighted by atomic mass is 16.5. The van der Waals surface area contributed by atoms with E-state index in [1.54, 1.807) is 4.90 Å². The molecule has 1 N–H and O–H groups in total. The molecule has 0 radical (unpaired) electrons. The maximum Gasteiger partial charge on any atom is 0.328 e. The second kappa shape index (κ2) is 6.23. The molecule has 1 amide bonds. The lowest BCUT2D eigenvalue weighted by Gasteiger charge is -2.23. The van der Waals surface area contributed by atoms with Crippen molar-refractivity contribution in [3.8, 4) is 0 Å². The molecule has 0 aliphatic carbocycles. The quantitative estimate of drug-likeness (QED) is 0.889. The van der Waals surface area contributed by atoms with Crippen molar-refractivity contribution in [1.82, 2.24) is 19.6 Å². The van der Waals surface area contributed by atoms with E-state index in [0.29, 0.717) is 6.54 Å². The molecule has 2 aromatic rings. The Bertz CT molecular complexity index is 819. The molecule has 0 aromatic carbocycles. The Morgan fingerprint density at radius 1 is 1.48 bits per heavy atom. The number of carbonyl (C=O) groups excluding carboxylic acids is 1. The maximum atomic E-state index is 12.5. The molecular formula is C15H18N4O4. The van der Waals surface area contributed by atoms with Gasteiger partial charge in [0.15, 0.2) is 0 Å². The van der Waals surface area contributed by atoms with Gasteiger partial charge < -0.3 is 14.0 Å². The number of aromatic amines is 1. The van der Waals surface area contributed by atoms with Crippen molar-refractivity contribution in [3.63, 3.8) is 0 Å². The summed E-state index contributed by atoms with van der Waals surface area (Å²) in [7, 11) is 0. The molecule has 1 fully saturated rings. The highest BCUT2D eigenvalue weighted by Gasteiger charge is 2.31. The van der Waals surface area contributed by atoms with E-state index in [2.05, 4.69) is 10.1 Å². The molecule has 2 aromatic heterocycles. The van der Waals surface area contributed by atoms with Gasteiger partial charge in [0.05, 0.1) is 6.04 Å². The SMILES string of the molecule is Cc1cc(C2CCCN2C(=O)CCn2ccc(=O)[nH]c2=O)no1. The topological polar surface area (TPSA) is 101 Å². The van der Waals surface area contributed by atoms with Gasteiger partial charge in [-0.2, -0.15) is 0 Å². The first-order valence-corrected chi connectivity index (χ1v) is 7.57. The molecule has 1 aliphatic heterocycles. The molecule has 0 spiro atoms. The van der Waals surface area contributed by atoms with Crippen molar-refractivity contribution >= 4 is 5.91 Å². The number of hydrogen-bond donors (Lipinski definition) is 1. The van der Waals surface area contributed by atoms with Crippen LogP contribution in [0.15, 0.2) is 32.4 Å². The summed E-state index contributed by atoms with van der Waals surface area (Å²) in [4.78, 5) is 39.1. The van der Waals surface area contributed by atoms with E-state index in [-0.39, 0.29) is 24.9 Å². The highest BCUT2D eigenvalue weighted by molar-refractivity contribution is 5.76. The van der Waals surface area contributed by atoms with Crippen molar-refractivity contribution in [3.05, 3.63) is 50.6 Å². The molecule has 122 valence electrons. The molecule has 0 saturated carbocycles. The molecule has 1 unspecified atom stereocenters. The summed E-state index contributed by atoms with van der Waals surface area (Å²) in [6.45, 7) is 2.73. The Morgan fingerprint density at radius 2 is 2.30 bits per heavy atom. The predicted molar refractivity (Wildman–Crippen MR) is 80.9 cm³/mol. The minimum Gasteiger partial charge on any atom is -0.361 e. The average molecular weight is 318 g/mol. The molecule has 3 rings (SSSR count). The average Bonchev–Trinajstić information content (AvgIpc) is 3.14. The van der Waals surface area contributed by atoms with Crippen LogP contribution in [0.2, 0.25) is 0 Å². The van der Waals surface area contributed by atoms with Crippen LogP contribution in [0.25, 0.3) is 0 Å². The highest BCUT2D eigenvalue weighted by Crippen LogP contribution is 2.31. The minimum absolute atomic E-state index is 0.0359. The first kappa shape index (κ1) is 15.3. The van der Waals surface area contributed by atoms with Crippen molar-refractivity contribution in [2.24, 2.45) is 0 Å². The van der Waals surface area contributed by atoms with Gasteiger partial charge in [-0.3, -0.25) is 14.6 Å². The molecule has 1 saturated heterocycles. The van der Waals surface area contributed by atoms with Gasteiger partial charge in [0.1, 0.15) is 11.5 Å². The van der Waals surface area contributed by atoms with E-state index in [1.165, 1.54) is 16.8 Å². The van der Waals surface area contributed by atoms with Crippen LogP contribution >= 0.6 is 0 Å². The van der Waals surface area contributed by atoms with Crippen molar-refractivity contribution < 1.29 is 9.32 Å². The van der Waals surface area contributed by atoms with Gasteiger partial charge in [-0.05, 0) is 19.8 Å². The standard InChI is InChI=1S/C15H18N4O4/c1-10-9-11(17-23-10)12-3-2-6-19(12)14(21)5-8-18-7-4-13(20)16-15(18)22/h4,7,9,12H,2-3,5-6,8H2,1H3,(H,16,20,22). The molecule has 8 nitrogen and oxygen atoms in total. The number of H-pyrrole nitrogens is 1. The third-order valence-corrected chi connectivity index (χ3v) is 4.02. The largest absolute Gasteiger partial charge is 0.361 e. The second-order valence-corrected chi connectivity index (χ2v) is 5.66. The number of nitrogens with zero attached hydrogens (tertiary/aromatic N) is 3. The van der Waals surface area contributed by atoms with Gasteiger partial charge in [0, 0.05) is 37.8 Å². The van der Waals surface area contributed by atoms with Gasteiger partial charge >= 0.3 is 5.69 Å². The number of hydrogen-bond acceptors (Lipinski definition) is 5. The van der Waals surface area contributed by atoms with Crippen LogP contribution in [0, 0.1) is 6.92 Å². The summed E-state index contributed by atoms with van der Waals surface area (Å²) in [5.74, 6) is 0.686. The number of likely N-dealkylation sites (tertiary alicyclic amines) is 1. The molecule has 23 heavy (non-hydrogen) atoms. The fourth-order valence-electron chi connectivity index (χ4n) is 2.90. The summed E-state index contributed by atoms with van der Waals surface area (Å²) >= 11 is 0. The predicted octanol–water partition coefficient (Wildman–Crippen LogP) is 0.587. The Hall–Kier alpha value is -2.64. The van der Waals surface area contributed by atoms with Gasteiger partial charge in [-0.1, -0.05) is 5.16 Å². The van der Waals surface area contributed by atoms with Crippen molar-refractivity contribution in [2.45, 2.75) is 38.8 Å². The fourth-order valence-corrected chi connectivity index (χ4v) is 2.90. The Labute approximate surface area is 131 Å². The van der Waals surface area contributed by atoms with Crippen molar-refractivity contribution in [1.29, 1.82) is 0 Å². The Balaban J connectivity index is 1.67. The minimum atomic E-state index is -0.504. The van der Waals surface area contributed by atoms with E-state index in [0.717, 1.165) is 24.3 Å². The normalized spacial score (nSPS) is 17.6. The van der Waals surface area contributed by atoms with E-state index >= 15 is 0 Å². The number of amides is 1. The van der Waals surface area contributed by atoms with Gasteiger partial charge in [-0.25, -0.2) is 4.79 Å². The zero-order chi connectivity index (χ0) is 16.4. The maximum absolute atomic E-state index is 12.5. The zero-order valence-electron chi connectivity index (χ0n) is 12.8. The third kappa shape index (κ3) is 3.25. The molecule has 0 bridgehead atoms. The van der Waals surface area contributed by atoms with Gasteiger partial charge in [0.25, 0.3) is 5.56 Å². The second-order valence-electron chi connectivity index (χ2n) is 5.66. The lowest BCUT2D eigenvalue weighted by atomic mass is 10.1. The fraction of sp³-hybridized carbons (Fsp3) is 0.467. The number of aryl methyl sites for hydroxylation is 2.